The number of hydrogen-bond acceptors (Lipinski definition) is 6. The zero-order valence-electron chi connectivity index (χ0n) is 8.42. The van der Waals surface area contributed by atoms with Gasteiger partial charge in [0.1, 0.15) is 17.8 Å². The van der Waals surface area contributed by atoms with E-state index in [0.717, 1.165) is 11.5 Å². The molecule has 2 aliphatic heterocycles. The maximum absolute atomic E-state index is 5.19. The van der Waals surface area contributed by atoms with Crippen LogP contribution >= 0.6 is 0 Å². The van der Waals surface area contributed by atoms with Crippen molar-refractivity contribution < 1.29 is 4.42 Å². The van der Waals surface area contributed by atoms with Crippen LogP contribution in [0.25, 0.3) is 0 Å². The Balaban J connectivity index is 1.67. The Labute approximate surface area is 91.5 Å². The number of furan rings is 1. The Kier molecular flexibility index (Phi) is 2.10. The van der Waals surface area contributed by atoms with E-state index in [9.17, 15) is 0 Å². The molecule has 80 valence electrons. The number of hydrogen-bond donors (Lipinski definition) is 1. The van der Waals surface area contributed by atoms with E-state index in [1.54, 1.807) is 6.26 Å². The number of nitrogens with one attached hydrogen (secondary N) is 1. The molecule has 0 saturated heterocycles. The molecule has 0 fully saturated rings. The molecule has 3 heterocycles. The van der Waals surface area contributed by atoms with Crippen LogP contribution in [0, 0.1) is 0 Å². The predicted octanol–water partition coefficient (Wildman–Crippen LogP) is 0.620. The van der Waals surface area contributed by atoms with E-state index in [2.05, 4.69) is 25.3 Å². The summed E-state index contributed by atoms with van der Waals surface area (Å²) in [4.78, 5) is 16.5. The Hall–Kier alpha value is -2.24. The first-order valence-corrected chi connectivity index (χ1v) is 4.91. The molecule has 0 aromatic carbocycles. The molecule has 2 aliphatic rings. The molecule has 0 aliphatic carbocycles. The molecule has 3 rings (SSSR count). The average Bonchev–Trinajstić information content (AvgIpc) is 2.97. The molecule has 1 aromatic heterocycles. The Morgan fingerprint density at radius 3 is 3.31 bits per heavy atom. The second-order valence-corrected chi connectivity index (χ2v) is 3.33. The maximum Gasteiger partial charge on any atom is 0.220 e. The van der Waals surface area contributed by atoms with Crippen molar-refractivity contribution in [3.63, 3.8) is 0 Å². The normalized spacial score (nSPS) is 17.6. The van der Waals surface area contributed by atoms with Gasteiger partial charge >= 0.3 is 0 Å². The van der Waals surface area contributed by atoms with Gasteiger partial charge in [0.15, 0.2) is 5.84 Å². The first kappa shape index (κ1) is 9.02. The second kappa shape index (κ2) is 3.73. The van der Waals surface area contributed by atoms with Crippen molar-refractivity contribution in [2.75, 3.05) is 6.54 Å². The fourth-order valence-corrected chi connectivity index (χ4v) is 1.45. The van der Waals surface area contributed by atoms with E-state index in [1.807, 2.05) is 12.1 Å². The van der Waals surface area contributed by atoms with Gasteiger partial charge in [0.25, 0.3) is 0 Å². The minimum absolute atomic E-state index is 0.527. The minimum atomic E-state index is 0.527. The molecular formula is C10H9N5O. The largest absolute Gasteiger partial charge is 0.467 e. The number of rotatable bonds is 2. The van der Waals surface area contributed by atoms with Crippen molar-refractivity contribution in [1.82, 2.24) is 5.32 Å². The lowest BCUT2D eigenvalue weighted by molar-refractivity contribution is 0.502. The van der Waals surface area contributed by atoms with E-state index >= 15 is 0 Å². The van der Waals surface area contributed by atoms with Crippen LogP contribution in [0.5, 0.6) is 0 Å². The first-order valence-electron chi connectivity index (χ1n) is 4.91. The number of amidine groups is 1. The highest BCUT2D eigenvalue weighted by molar-refractivity contribution is 6.49. The quantitative estimate of drug-likeness (QED) is 0.785. The van der Waals surface area contributed by atoms with Crippen molar-refractivity contribution >= 4 is 23.8 Å². The van der Waals surface area contributed by atoms with Gasteiger partial charge in [-0.3, -0.25) is 0 Å². The van der Waals surface area contributed by atoms with E-state index in [4.69, 9.17) is 4.42 Å². The summed E-state index contributed by atoms with van der Waals surface area (Å²) in [5.74, 6) is 2.07. The van der Waals surface area contributed by atoms with E-state index in [0.29, 0.717) is 24.9 Å². The second-order valence-electron chi connectivity index (χ2n) is 3.33. The van der Waals surface area contributed by atoms with Crippen LogP contribution in [-0.2, 0) is 6.54 Å². The zero-order chi connectivity index (χ0) is 10.8. The monoisotopic (exact) mass is 215 g/mol. The van der Waals surface area contributed by atoms with Crippen LogP contribution in [-0.4, -0.2) is 30.4 Å². The summed E-state index contributed by atoms with van der Waals surface area (Å²) in [6, 6.07) is 3.74. The highest BCUT2D eigenvalue weighted by atomic mass is 16.3. The Morgan fingerprint density at radius 1 is 1.44 bits per heavy atom. The van der Waals surface area contributed by atoms with E-state index in [1.165, 1.54) is 6.34 Å². The van der Waals surface area contributed by atoms with Gasteiger partial charge in [0.05, 0.1) is 19.4 Å². The fourth-order valence-electron chi connectivity index (χ4n) is 1.45. The third-order valence-corrected chi connectivity index (χ3v) is 2.24. The molecule has 0 unspecified atom stereocenters. The highest BCUT2D eigenvalue weighted by Gasteiger charge is 2.17. The number of aliphatic imine (C=N–C) groups is 4. The summed E-state index contributed by atoms with van der Waals surface area (Å²) >= 11 is 0. The molecule has 0 spiro atoms. The summed E-state index contributed by atoms with van der Waals surface area (Å²) in [7, 11) is 0. The highest BCUT2D eigenvalue weighted by Crippen LogP contribution is 2.03. The topological polar surface area (TPSA) is 74.6 Å². The molecule has 0 saturated carbocycles. The van der Waals surface area contributed by atoms with Gasteiger partial charge in [0.2, 0.25) is 5.96 Å². The third kappa shape index (κ3) is 1.65. The number of fused-ring (bicyclic) bond motifs is 1. The zero-order valence-corrected chi connectivity index (χ0v) is 8.42. The van der Waals surface area contributed by atoms with Crippen LogP contribution in [0.15, 0.2) is 42.8 Å². The fraction of sp³-hybridized carbons (Fsp3) is 0.200. The van der Waals surface area contributed by atoms with Crippen LogP contribution in [0.1, 0.15) is 5.76 Å². The lowest BCUT2D eigenvalue weighted by Crippen LogP contribution is -2.29. The number of guanidine groups is 1. The molecule has 1 N–H and O–H groups in total. The smallest absolute Gasteiger partial charge is 0.220 e. The summed E-state index contributed by atoms with van der Waals surface area (Å²) in [5.41, 5.74) is 0.823. The minimum Gasteiger partial charge on any atom is -0.467 e. The standard InChI is InChI=1S/C10H9N5O/c1-2-7(16-3-1)4-11-10-12-5-8-9(15-10)14-6-13-8/h1-3,6H,4-5H2,(H,11,12). The summed E-state index contributed by atoms with van der Waals surface area (Å²) in [5, 5.41) is 3.08. The third-order valence-electron chi connectivity index (χ3n) is 2.24. The number of nitrogens with zero attached hydrogens (tertiary/aromatic N) is 4. The molecule has 1 aromatic rings. The summed E-state index contributed by atoms with van der Waals surface area (Å²) < 4.78 is 5.19. The van der Waals surface area contributed by atoms with Crippen LogP contribution in [0.4, 0.5) is 0 Å². The van der Waals surface area contributed by atoms with Gasteiger partial charge in [-0.15, -0.1) is 0 Å². The Morgan fingerprint density at radius 2 is 2.44 bits per heavy atom. The van der Waals surface area contributed by atoms with Crippen molar-refractivity contribution in [3.05, 3.63) is 24.2 Å². The van der Waals surface area contributed by atoms with Crippen LogP contribution < -0.4 is 5.32 Å². The van der Waals surface area contributed by atoms with Crippen molar-refractivity contribution in [3.8, 4) is 0 Å². The van der Waals surface area contributed by atoms with Gasteiger partial charge in [-0.2, -0.15) is 4.99 Å². The van der Waals surface area contributed by atoms with E-state index in [-0.39, 0.29) is 0 Å². The molecule has 0 radical (unpaired) electrons. The molecule has 0 amide bonds. The molecule has 0 bridgehead atoms. The molecule has 0 atom stereocenters. The average molecular weight is 215 g/mol. The molecule has 16 heavy (non-hydrogen) atoms. The van der Waals surface area contributed by atoms with Gasteiger partial charge in [-0.1, -0.05) is 0 Å². The van der Waals surface area contributed by atoms with Crippen molar-refractivity contribution in [2.45, 2.75) is 6.54 Å². The predicted molar refractivity (Wildman–Crippen MR) is 61.2 cm³/mol. The van der Waals surface area contributed by atoms with Gasteiger partial charge in [-0.25, -0.2) is 15.0 Å². The van der Waals surface area contributed by atoms with Crippen molar-refractivity contribution in [1.29, 1.82) is 0 Å². The van der Waals surface area contributed by atoms with Gasteiger partial charge in [-0.05, 0) is 12.1 Å². The summed E-state index contributed by atoms with van der Waals surface area (Å²) in [6.07, 6.45) is 3.14. The van der Waals surface area contributed by atoms with E-state index < -0.39 is 0 Å². The van der Waals surface area contributed by atoms with Crippen LogP contribution in [0.2, 0.25) is 0 Å². The molecular weight excluding hydrogens is 206 g/mol. The lowest BCUT2D eigenvalue weighted by Gasteiger charge is -2.09. The lowest BCUT2D eigenvalue weighted by atomic mass is 10.3. The summed E-state index contributed by atoms with van der Waals surface area (Å²) in [6.45, 7) is 1.10. The molecule has 6 nitrogen and oxygen atoms in total. The Bertz CT molecular complexity index is 509. The van der Waals surface area contributed by atoms with Gasteiger partial charge < -0.3 is 9.73 Å². The van der Waals surface area contributed by atoms with Gasteiger partial charge in [0, 0.05) is 0 Å². The SMILES string of the molecule is C1=NC2=NC(NCc3ccco3)=NCC2=N1. The first-order chi connectivity index (χ1) is 7.92. The molecule has 6 heteroatoms. The maximum atomic E-state index is 5.19. The van der Waals surface area contributed by atoms with Crippen molar-refractivity contribution in [2.24, 2.45) is 20.0 Å². The van der Waals surface area contributed by atoms with Crippen LogP contribution in [0.3, 0.4) is 0 Å².